The summed E-state index contributed by atoms with van der Waals surface area (Å²) in [5.41, 5.74) is 1.88. The maximum atomic E-state index is 14.0. The van der Waals surface area contributed by atoms with Crippen molar-refractivity contribution in [1.29, 1.82) is 0 Å². The van der Waals surface area contributed by atoms with Crippen molar-refractivity contribution in [2.24, 2.45) is 0 Å². The topological polar surface area (TPSA) is 90.0 Å². The van der Waals surface area contributed by atoms with Crippen molar-refractivity contribution in [2.45, 2.75) is 52.6 Å². The number of sulfonamides is 1. The fraction of sp³-hybridized carbons (Fsp3) is 0.481. The molecule has 1 saturated heterocycles. The lowest BCUT2D eigenvalue weighted by Gasteiger charge is -2.39. The summed E-state index contributed by atoms with van der Waals surface area (Å²) in [5, 5.41) is 2.48. The Kier molecular flexibility index (Phi) is 10.2. The number of halogens is 2. The first-order valence-corrected chi connectivity index (χ1v) is 14.5. The number of carbonyl (C=O) groups excluding carboxylic acids is 2. The van der Waals surface area contributed by atoms with Gasteiger partial charge in [0.2, 0.25) is 15.9 Å². The number of hydrogen-bond acceptors (Lipinski definition) is 4. The molecule has 0 aliphatic carbocycles. The largest absolute Gasteiger partial charge is 0.334 e. The molecule has 3 amide bonds. The van der Waals surface area contributed by atoms with Gasteiger partial charge < -0.3 is 15.1 Å². The normalized spacial score (nSPS) is 14.5. The third-order valence-corrected chi connectivity index (χ3v) is 8.66. The molecule has 2 aromatic rings. The predicted molar refractivity (Wildman–Crippen MR) is 143 cm³/mol. The highest BCUT2D eigenvalue weighted by Crippen LogP contribution is 2.23. The van der Waals surface area contributed by atoms with E-state index in [0.717, 1.165) is 17.2 Å². The van der Waals surface area contributed by atoms with E-state index in [0.29, 0.717) is 45.0 Å². The lowest BCUT2D eigenvalue weighted by molar-refractivity contribution is -0.135. The smallest absolute Gasteiger partial charge is 0.321 e. The number of anilines is 1. The minimum absolute atomic E-state index is 0.0831. The molecule has 38 heavy (non-hydrogen) atoms. The van der Waals surface area contributed by atoms with Gasteiger partial charge in [-0.1, -0.05) is 31.2 Å². The van der Waals surface area contributed by atoms with Gasteiger partial charge in [-0.05, 0) is 56.4 Å². The van der Waals surface area contributed by atoms with Crippen molar-refractivity contribution in [3.63, 3.8) is 0 Å². The predicted octanol–water partition coefficient (Wildman–Crippen LogP) is 4.36. The van der Waals surface area contributed by atoms with E-state index in [2.05, 4.69) is 5.32 Å². The second-order valence-electron chi connectivity index (χ2n) is 9.45. The summed E-state index contributed by atoms with van der Waals surface area (Å²) in [4.78, 5) is 29.5. The highest BCUT2D eigenvalue weighted by atomic mass is 32.2. The summed E-state index contributed by atoms with van der Waals surface area (Å²) < 4.78 is 53.6. The Hall–Kier alpha value is -3.05. The van der Waals surface area contributed by atoms with E-state index in [1.54, 1.807) is 11.8 Å². The zero-order valence-electron chi connectivity index (χ0n) is 22.1. The summed E-state index contributed by atoms with van der Waals surface area (Å²) in [7, 11) is -3.55. The second kappa shape index (κ2) is 13.1. The van der Waals surface area contributed by atoms with E-state index in [1.165, 1.54) is 15.3 Å². The number of benzene rings is 2. The van der Waals surface area contributed by atoms with Crippen LogP contribution in [0.3, 0.4) is 0 Å². The number of rotatable bonds is 10. The SMILES string of the molecule is CCCN(CC(=O)N(Cc1ccccc1C)C1CCN(C(=O)Nc2ccc(F)cc2F)CC1)S(=O)(=O)CC. The van der Waals surface area contributed by atoms with Gasteiger partial charge in [-0.2, -0.15) is 4.31 Å². The van der Waals surface area contributed by atoms with Crippen molar-refractivity contribution in [2.75, 3.05) is 37.2 Å². The number of amides is 3. The fourth-order valence-corrected chi connectivity index (χ4v) is 5.68. The van der Waals surface area contributed by atoms with E-state index >= 15 is 0 Å². The molecular formula is C27H36F2N4O4S. The first-order chi connectivity index (χ1) is 18.1. The van der Waals surface area contributed by atoms with Gasteiger partial charge in [-0.3, -0.25) is 4.79 Å². The maximum Gasteiger partial charge on any atom is 0.321 e. The average Bonchev–Trinajstić information content (AvgIpc) is 2.89. The van der Waals surface area contributed by atoms with Gasteiger partial charge in [0.15, 0.2) is 0 Å². The molecule has 11 heteroatoms. The first kappa shape index (κ1) is 29.5. The number of urea groups is 1. The van der Waals surface area contributed by atoms with E-state index < -0.39 is 27.7 Å². The van der Waals surface area contributed by atoms with Crippen LogP contribution in [0.1, 0.15) is 44.2 Å². The highest BCUT2D eigenvalue weighted by Gasteiger charge is 2.32. The molecule has 1 fully saturated rings. The Balaban J connectivity index is 1.74. The van der Waals surface area contributed by atoms with Crippen molar-refractivity contribution in [1.82, 2.24) is 14.1 Å². The monoisotopic (exact) mass is 550 g/mol. The molecule has 0 bridgehead atoms. The van der Waals surface area contributed by atoms with E-state index in [1.807, 2.05) is 38.1 Å². The Morgan fingerprint density at radius 3 is 2.37 bits per heavy atom. The van der Waals surface area contributed by atoms with Crippen molar-refractivity contribution in [3.8, 4) is 0 Å². The summed E-state index contributed by atoms with van der Waals surface area (Å²) in [6, 6.07) is 9.96. The zero-order valence-corrected chi connectivity index (χ0v) is 22.9. The van der Waals surface area contributed by atoms with Crippen LogP contribution in [0.15, 0.2) is 42.5 Å². The fourth-order valence-electron chi connectivity index (χ4n) is 4.55. The molecule has 1 N–H and O–H groups in total. The van der Waals surface area contributed by atoms with Gasteiger partial charge in [0, 0.05) is 38.3 Å². The zero-order chi connectivity index (χ0) is 27.9. The van der Waals surface area contributed by atoms with Crippen LogP contribution in [0.4, 0.5) is 19.3 Å². The van der Waals surface area contributed by atoms with E-state index in [4.69, 9.17) is 0 Å². The lowest BCUT2D eigenvalue weighted by Crippen LogP contribution is -2.52. The molecule has 0 saturated carbocycles. The Morgan fingerprint density at radius 1 is 1.08 bits per heavy atom. The summed E-state index contributed by atoms with van der Waals surface area (Å²) in [6.07, 6.45) is 1.54. The van der Waals surface area contributed by atoms with Gasteiger partial charge in [0.1, 0.15) is 11.6 Å². The number of piperidine rings is 1. The van der Waals surface area contributed by atoms with Crippen LogP contribution in [-0.4, -0.2) is 72.4 Å². The van der Waals surface area contributed by atoms with E-state index in [-0.39, 0.29) is 36.5 Å². The molecule has 3 rings (SSSR count). The van der Waals surface area contributed by atoms with Crippen LogP contribution in [0.5, 0.6) is 0 Å². The summed E-state index contributed by atoms with van der Waals surface area (Å²) in [6.45, 7) is 6.39. The summed E-state index contributed by atoms with van der Waals surface area (Å²) >= 11 is 0. The maximum absolute atomic E-state index is 14.0. The Labute approximate surface area is 223 Å². The summed E-state index contributed by atoms with van der Waals surface area (Å²) in [5.74, 6) is -1.96. The van der Waals surface area contributed by atoms with E-state index in [9.17, 15) is 26.8 Å². The molecule has 1 aliphatic rings. The van der Waals surface area contributed by atoms with Crippen molar-refractivity contribution in [3.05, 3.63) is 65.2 Å². The minimum Gasteiger partial charge on any atom is -0.334 e. The third kappa shape index (κ3) is 7.50. The first-order valence-electron chi connectivity index (χ1n) is 12.9. The molecule has 8 nitrogen and oxygen atoms in total. The molecular weight excluding hydrogens is 514 g/mol. The Bertz CT molecular complexity index is 1230. The standard InChI is InChI=1S/C27H36F2N4O4S/c1-4-14-32(38(36,37)5-2)19-26(34)33(18-21-9-7-6-8-20(21)3)23-12-15-31(16-13-23)27(35)30-25-11-10-22(28)17-24(25)29/h6-11,17,23H,4-5,12-16,18-19H2,1-3H3,(H,30,35). The van der Waals surface area contributed by atoms with Crippen molar-refractivity contribution >= 4 is 27.6 Å². The number of carbonyl (C=O) groups is 2. The molecule has 1 aliphatic heterocycles. The minimum atomic E-state index is -3.55. The van der Waals surface area contributed by atoms with Crippen molar-refractivity contribution < 1.29 is 26.8 Å². The van der Waals surface area contributed by atoms with Crippen LogP contribution < -0.4 is 5.32 Å². The second-order valence-corrected chi connectivity index (χ2v) is 11.7. The molecule has 0 atom stereocenters. The van der Waals surface area contributed by atoms with Gasteiger partial charge in [-0.15, -0.1) is 0 Å². The van der Waals surface area contributed by atoms with Gasteiger partial charge in [-0.25, -0.2) is 22.0 Å². The molecule has 2 aromatic carbocycles. The molecule has 208 valence electrons. The van der Waals surface area contributed by atoms with Gasteiger partial charge in [0.05, 0.1) is 18.0 Å². The van der Waals surface area contributed by atoms with Crippen LogP contribution in [0.25, 0.3) is 0 Å². The molecule has 1 heterocycles. The number of nitrogens with one attached hydrogen (secondary N) is 1. The number of likely N-dealkylation sites (tertiary alicyclic amines) is 1. The number of nitrogens with zero attached hydrogens (tertiary/aromatic N) is 3. The van der Waals surface area contributed by atoms with Crippen LogP contribution in [0.2, 0.25) is 0 Å². The molecule has 0 radical (unpaired) electrons. The quantitative estimate of drug-likeness (QED) is 0.476. The van der Waals surface area contributed by atoms with Gasteiger partial charge >= 0.3 is 6.03 Å². The lowest BCUT2D eigenvalue weighted by atomic mass is 10.0. The number of aryl methyl sites for hydroxylation is 1. The highest BCUT2D eigenvalue weighted by molar-refractivity contribution is 7.89. The third-order valence-electron chi connectivity index (χ3n) is 6.83. The van der Waals surface area contributed by atoms with Crippen LogP contribution in [-0.2, 0) is 21.4 Å². The number of hydrogen-bond donors (Lipinski definition) is 1. The Morgan fingerprint density at radius 2 is 1.76 bits per heavy atom. The van der Waals surface area contributed by atoms with Gasteiger partial charge in [0.25, 0.3) is 0 Å². The molecule has 0 unspecified atom stereocenters. The molecule has 0 spiro atoms. The molecule has 0 aromatic heterocycles. The average molecular weight is 551 g/mol. The van der Waals surface area contributed by atoms with Crippen LogP contribution >= 0.6 is 0 Å². The van der Waals surface area contributed by atoms with Crippen LogP contribution in [0, 0.1) is 18.6 Å².